The van der Waals surface area contributed by atoms with Crippen molar-refractivity contribution in [1.29, 1.82) is 0 Å². The van der Waals surface area contributed by atoms with Crippen LogP contribution in [0.3, 0.4) is 0 Å². The predicted octanol–water partition coefficient (Wildman–Crippen LogP) is 5.89. The molecule has 5 nitrogen and oxygen atoms in total. The van der Waals surface area contributed by atoms with Gasteiger partial charge < -0.3 is 4.74 Å². The maximum absolute atomic E-state index is 13.4. The molecule has 0 aliphatic carbocycles. The molecule has 1 aromatic heterocycles. The minimum absolute atomic E-state index is 0.232. The van der Waals surface area contributed by atoms with E-state index in [0.29, 0.717) is 29.2 Å². The fraction of sp³-hybridized carbons (Fsp3) is 0.185. The van der Waals surface area contributed by atoms with E-state index >= 15 is 0 Å². The number of hydrogen-bond acceptors (Lipinski definition) is 4. The fourth-order valence-electron chi connectivity index (χ4n) is 3.60. The molecule has 0 aliphatic heterocycles. The van der Waals surface area contributed by atoms with Crippen LogP contribution >= 0.6 is 11.8 Å². The molecule has 3 aromatic carbocycles. The van der Waals surface area contributed by atoms with Crippen LogP contribution in [0.2, 0.25) is 0 Å². The van der Waals surface area contributed by atoms with E-state index in [1.165, 1.54) is 27.3 Å². The second-order valence-corrected chi connectivity index (χ2v) is 9.00. The molecule has 0 saturated heterocycles. The quantitative estimate of drug-likeness (QED) is 0.196. The SMILES string of the molecule is COc1ccc(-c2[nH]n(-c3ccc(F)cc3)c(=O)c2C(C)=NCCSc2ccc(C)cc2)cc1. The number of benzene rings is 3. The Morgan fingerprint density at radius 2 is 1.71 bits per heavy atom. The number of rotatable bonds is 8. The third-order valence-corrected chi connectivity index (χ3v) is 6.44. The van der Waals surface area contributed by atoms with Gasteiger partial charge in [-0.3, -0.25) is 14.9 Å². The number of nitrogens with zero attached hydrogens (tertiary/aromatic N) is 2. The van der Waals surface area contributed by atoms with Crippen LogP contribution in [0.15, 0.2) is 87.5 Å². The minimum Gasteiger partial charge on any atom is -0.497 e. The third kappa shape index (κ3) is 5.31. The summed E-state index contributed by atoms with van der Waals surface area (Å²) in [7, 11) is 1.61. The Morgan fingerprint density at radius 3 is 2.35 bits per heavy atom. The van der Waals surface area contributed by atoms with Gasteiger partial charge in [-0.25, -0.2) is 9.07 Å². The van der Waals surface area contributed by atoms with Gasteiger partial charge in [0.2, 0.25) is 0 Å². The summed E-state index contributed by atoms with van der Waals surface area (Å²) < 4.78 is 20.1. The van der Waals surface area contributed by atoms with Gasteiger partial charge in [-0.2, -0.15) is 0 Å². The van der Waals surface area contributed by atoms with Crippen molar-refractivity contribution < 1.29 is 9.13 Å². The normalized spacial score (nSPS) is 11.6. The van der Waals surface area contributed by atoms with Crippen molar-refractivity contribution in [1.82, 2.24) is 9.78 Å². The van der Waals surface area contributed by atoms with E-state index in [2.05, 4.69) is 36.3 Å². The summed E-state index contributed by atoms with van der Waals surface area (Å²) in [5.41, 5.74) is 4.18. The van der Waals surface area contributed by atoms with Crippen LogP contribution < -0.4 is 10.3 Å². The molecule has 7 heteroatoms. The number of methoxy groups -OCH3 is 1. The number of aromatic nitrogens is 2. The lowest BCUT2D eigenvalue weighted by molar-refractivity contribution is 0.415. The van der Waals surface area contributed by atoms with Crippen molar-refractivity contribution in [3.05, 3.63) is 100 Å². The van der Waals surface area contributed by atoms with E-state index < -0.39 is 0 Å². The minimum atomic E-state index is -0.359. The van der Waals surface area contributed by atoms with Crippen molar-refractivity contribution in [3.8, 4) is 22.7 Å². The number of nitrogens with one attached hydrogen (secondary N) is 1. The Morgan fingerprint density at radius 1 is 1.03 bits per heavy atom. The van der Waals surface area contributed by atoms with E-state index in [-0.39, 0.29) is 11.4 Å². The van der Waals surface area contributed by atoms with Gasteiger partial charge in [0.25, 0.3) is 5.56 Å². The number of halogens is 1. The number of ether oxygens (including phenoxy) is 1. The van der Waals surface area contributed by atoms with Gasteiger partial charge in [0, 0.05) is 28.5 Å². The monoisotopic (exact) mass is 475 g/mol. The molecule has 34 heavy (non-hydrogen) atoms. The highest BCUT2D eigenvalue weighted by molar-refractivity contribution is 7.99. The van der Waals surface area contributed by atoms with Crippen molar-refractivity contribution in [3.63, 3.8) is 0 Å². The predicted molar refractivity (Wildman–Crippen MR) is 137 cm³/mol. The van der Waals surface area contributed by atoms with Gasteiger partial charge in [0.05, 0.1) is 24.1 Å². The molecule has 1 N–H and O–H groups in total. The first-order chi connectivity index (χ1) is 16.5. The standard InChI is InChI=1S/C27H26FN3O2S/c1-18-4-14-24(15-5-18)34-17-16-29-19(2)25-26(20-6-12-23(33-3)13-7-20)30-31(27(25)32)22-10-8-21(28)9-11-22/h4-15,30H,16-17H2,1-3H3. The van der Waals surface area contributed by atoms with E-state index in [1.807, 2.05) is 31.2 Å². The highest BCUT2D eigenvalue weighted by atomic mass is 32.2. The Balaban J connectivity index is 1.65. The van der Waals surface area contributed by atoms with Crippen LogP contribution in [-0.4, -0.2) is 34.9 Å². The van der Waals surface area contributed by atoms with Gasteiger partial charge in [-0.1, -0.05) is 17.7 Å². The Bertz CT molecular complexity index is 1340. The molecule has 0 fully saturated rings. The lowest BCUT2D eigenvalue weighted by Gasteiger charge is -2.05. The molecule has 0 atom stereocenters. The molecule has 174 valence electrons. The van der Waals surface area contributed by atoms with Crippen molar-refractivity contribution in [2.45, 2.75) is 18.7 Å². The van der Waals surface area contributed by atoms with Crippen molar-refractivity contribution >= 4 is 17.5 Å². The number of aryl methyl sites for hydroxylation is 1. The highest BCUT2D eigenvalue weighted by Gasteiger charge is 2.19. The zero-order chi connectivity index (χ0) is 24.1. The lowest BCUT2D eigenvalue weighted by atomic mass is 10.1. The largest absolute Gasteiger partial charge is 0.497 e. The maximum atomic E-state index is 13.4. The van der Waals surface area contributed by atoms with Crippen molar-refractivity contribution in [2.75, 3.05) is 19.4 Å². The summed E-state index contributed by atoms with van der Waals surface area (Å²) in [5.74, 6) is 1.17. The molecule has 0 aliphatic rings. The first-order valence-corrected chi connectivity index (χ1v) is 11.9. The van der Waals surface area contributed by atoms with E-state index in [4.69, 9.17) is 9.73 Å². The molecule has 1 heterocycles. The zero-order valence-corrected chi connectivity index (χ0v) is 20.2. The van der Waals surface area contributed by atoms with Gasteiger partial charge in [0.15, 0.2) is 0 Å². The average molecular weight is 476 g/mol. The highest BCUT2D eigenvalue weighted by Crippen LogP contribution is 2.24. The molecule has 0 bridgehead atoms. The Kier molecular flexibility index (Phi) is 7.33. The zero-order valence-electron chi connectivity index (χ0n) is 19.3. The lowest BCUT2D eigenvalue weighted by Crippen LogP contribution is -2.20. The summed E-state index contributed by atoms with van der Waals surface area (Å²) in [4.78, 5) is 19.3. The molecule has 0 unspecified atom stereocenters. The molecule has 0 amide bonds. The van der Waals surface area contributed by atoms with Crippen LogP contribution in [0.4, 0.5) is 4.39 Å². The summed E-state index contributed by atoms with van der Waals surface area (Å²) in [6.45, 7) is 4.49. The third-order valence-electron chi connectivity index (χ3n) is 5.45. The maximum Gasteiger partial charge on any atom is 0.280 e. The Hall–Kier alpha value is -3.58. The number of aromatic amines is 1. The molecule has 0 saturated carbocycles. The molecule has 0 spiro atoms. The van der Waals surface area contributed by atoms with Crippen LogP contribution in [0.25, 0.3) is 16.9 Å². The molecular formula is C27H26FN3O2S. The van der Waals surface area contributed by atoms with E-state index in [9.17, 15) is 9.18 Å². The topological polar surface area (TPSA) is 59.4 Å². The number of aliphatic imine (C=N–C) groups is 1. The second-order valence-electron chi connectivity index (χ2n) is 7.84. The van der Waals surface area contributed by atoms with Crippen LogP contribution in [0, 0.1) is 12.7 Å². The summed E-state index contributed by atoms with van der Waals surface area (Å²) in [5, 5.41) is 3.20. The van der Waals surface area contributed by atoms with Gasteiger partial charge in [-0.15, -0.1) is 11.8 Å². The molecular weight excluding hydrogens is 449 g/mol. The van der Waals surface area contributed by atoms with Crippen LogP contribution in [0.5, 0.6) is 5.75 Å². The van der Waals surface area contributed by atoms with Crippen LogP contribution in [-0.2, 0) is 0 Å². The summed E-state index contributed by atoms with van der Waals surface area (Å²) in [6.07, 6.45) is 0. The number of hydrogen-bond donors (Lipinski definition) is 1. The molecule has 4 aromatic rings. The van der Waals surface area contributed by atoms with Crippen molar-refractivity contribution in [2.24, 2.45) is 4.99 Å². The number of thioether (sulfide) groups is 1. The van der Waals surface area contributed by atoms with E-state index in [1.54, 1.807) is 31.0 Å². The Labute approximate surface area is 202 Å². The first kappa shape index (κ1) is 23.6. The molecule has 4 rings (SSSR count). The van der Waals surface area contributed by atoms with Crippen LogP contribution in [0.1, 0.15) is 18.1 Å². The van der Waals surface area contributed by atoms with Gasteiger partial charge >= 0.3 is 0 Å². The summed E-state index contributed by atoms with van der Waals surface area (Å²) in [6, 6.07) is 21.7. The first-order valence-electron chi connectivity index (χ1n) is 10.9. The smallest absolute Gasteiger partial charge is 0.280 e. The second kappa shape index (κ2) is 10.6. The summed E-state index contributed by atoms with van der Waals surface area (Å²) >= 11 is 1.73. The van der Waals surface area contributed by atoms with Gasteiger partial charge in [0.1, 0.15) is 11.6 Å². The molecule has 0 radical (unpaired) electrons. The van der Waals surface area contributed by atoms with Gasteiger partial charge in [-0.05, 0) is 74.5 Å². The fourth-order valence-corrected chi connectivity index (χ4v) is 4.35. The number of H-pyrrole nitrogens is 1. The average Bonchev–Trinajstić information content (AvgIpc) is 3.20. The van der Waals surface area contributed by atoms with E-state index in [0.717, 1.165) is 17.1 Å².